The fourth-order valence-corrected chi connectivity index (χ4v) is 4.23. The number of ether oxygens (including phenoxy) is 2. The van der Waals surface area contributed by atoms with Gasteiger partial charge >= 0.3 is 0 Å². The van der Waals surface area contributed by atoms with E-state index in [-0.39, 0.29) is 0 Å². The third-order valence-electron chi connectivity index (χ3n) is 5.25. The Labute approximate surface area is 180 Å². The average molecular weight is 432 g/mol. The molecule has 7 heteroatoms. The SMILES string of the molecule is COc1cc(OC)c(Cl)c(-c2cc3cnc(C)cc3c(N(C)CC3CC3)n2)c1Cl. The molecule has 1 aliphatic carbocycles. The number of anilines is 1. The van der Waals surface area contributed by atoms with Crippen molar-refractivity contribution in [1.29, 1.82) is 0 Å². The fourth-order valence-electron chi connectivity index (χ4n) is 3.54. The van der Waals surface area contributed by atoms with Crippen molar-refractivity contribution in [2.45, 2.75) is 19.8 Å². The Morgan fingerprint density at radius 2 is 1.72 bits per heavy atom. The number of benzene rings is 1. The van der Waals surface area contributed by atoms with Gasteiger partial charge in [-0.15, -0.1) is 0 Å². The molecule has 0 amide bonds. The van der Waals surface area contributed by atoms with Gasteiger partial charge in [0.05, 0.1) is 30.0 Å². The molecule has 0 unspecified atom stereocenters. The first kappa shape index (κ1) is 20.0. The lowest BCUT2D eigenvalue weighted by Gasteiger charge is -2.22. The first-order valence-electron chi connectivity index (χ1n) is 9.51. The molecule has 152 valence electrons. The third kappa shape index (κ3) is 3.81. The van der Waals surface area contributed by atoms with Gasteiger partial charge in [0, 0.05) is 47.9 Å². The van der Waals surface area contributed by atoms with Gasteiger partial charge in [0.15, 0.2) is 0 Å². The van der Waals surface area contributed by atoms with Crippen LogP contribution in [0.3, 0.4) is 0 Å². The van der Waals surface area contributed by atoms with Crippen molar-refractivity contribution < 1.29 is 9.47 Å². The van der Waals surface area contributed by atoms with E-state index in [0.717, 1.165) is 34.7 Å². The van der Waals surface area contributed by atoms with Crippen molar-refractivity contribution in [1.82, 2.24) is 9.97 Å². The first-order valence-corrected chi connectivity index (χ1v) is 10.3. The van der Waals surface area contributed by atoms with Crippen molar-refractivity contribution in [2.75, 3.05) is 32.7 Å². The van der Waals surface area contributed by atoms with Crippen LogP contribution < -0.4 is 14.4 Å². The van der Waals surface area contributed by atoms with Gasteiger partial charge in [-0.1, -0.05) is 23.2 Å². The van der Waals surface area contributed by atoms with E-state index in [0.29, 0.717) is 32.8 Å². The van der Waals surface area contributed by atoms with Crippen molar-refractivity contribution in [3.8, 4) is 22.8 Å². The van der Waals surface area contributed by atoms with Crippen LogP contribution >= 0.6 is 23.2 Å². The number of hydrogen-bond donors (Lipinski definition) is 0. The Bertz CT molecular complexity index is 1060. The zero-order valence-electron chi connectivity index (χ0n) is 16.9. The number of fused-ring (bicyclic) bond motifs is 1. The maximum absolute atomic E-state index is 6.65. The van der Waals surface area contributed by atoms with E-state index in [1.54, 1.807) is 20.3 Å². The largest absolute Gasteiger partial charge is 0.495 e. The minimum atomic E-state index is 0.404. The Hall–Kier alpha value is -2.24. The Morgan fingerprint density at radius 3 is 2.31 bits per heavy atom. The molecule has 1 aromatic carbocycles. The lowest BCUT2D eigenvalue weighted by Crippen LogP contribution is -2.21. The predicted molar refractivity (Wildman–Crippen MR) is 119 cm³/mol. The van der Waals surface area contributed by atoms with Crippen LogP contribution in [0.25, 0.3) is 22.0 Å². The molecular formula is C22H23Cl2N3O2. The summed E-state index contributed by atoms with van der Waals surface area (Å²) in [5.74, 6) is 2.59. The minimum absolute atomic E-state index is 0.404. The monoisotopic (exact) mass is 431 g/mol. The van der Waals surface area contributed by atoms with Crippen LogP contribution in [0.2, 0.25) is 10.0 Å². The summed E-state index contributed by atoms with van der Waals surface area (Å²) in [7, 11) is 5.20. The van der Waals surface area contributed by atoms with Crippen molar-refractivity contribution >= 4 is 39.8 Å². The summed E-state index contributed by atoms with van der Waals surface area (Å²) >= 11 is 13.3. The standard InChI is InChI=1S/C22H23Cl2N3O2/c1-12-7-15-14(10-25-12)8-16(26-22(15)27(2)11-13-5-6-13)19-20(23)17(28-3)9-18(29-4)21(19)24/h7-10,13H,5-6,11H2,1-4H3. The number of hydrogen-bond acceptors (Lipinski definition) is 5. The van der Waals surface area contributed by atoms with Crippen LogP contribution in [0.5, 0.6) is 11.5 Å². The van der Waals surface area contributed by atoms with Gasteiger partial charge in [0.1, 0.15) is 17.3 Å². The van der Waals surface area contributed by atoms with Gasteiger partial charge in [-0.2, -0.15) is 0 Å². The summed E-state index contributed by atoms with van der Waals surface area (Å²) in [6.45, 7) is 2.95. The Kier molecular flexibility index (Phi) is 5.45. The van der Waals surface area contributed by atoms with E-state index >= 15 is 0 Å². The van der Waals surface area contributed by atoms with Crippen molar-refractivity contribution in [2.24, 2.45) is 5.92 Å². The molecule has 5 nitrogen and oxygen atoms in total. The minimum Gasteiger partial charge on any atom is -0.495 e. The molecule has 1 fully saturated rings. The fraction of sp³-hybridized carbons (Fsp3) is 0.364. The second-order valence-corrected chi connectivity index (χ2v) is 8.24. The first-order chi connectivity index (χ1) is 13.9. The highest BCUT2D eigenvalue weighted by atomic mass is 35.5. The molecule has 2 heterocycles. The molecule has 0 radical (unpaired) electrons. The van der Waals surface area contributed by atoms with Crippen molar-refractivity contribution in [3.63, 3.8) is 0 Å². The van der Waals surface area contributed by atoms with Gasteiger partial charge in [0.2, 0.25) is 0 Å². The quantitative estimate of drug-likeness (QED) is 0.495. The molecule has 0 spiro atoms. The van der Waals surface area contributed by atoms with Gasteiger partial charge in [-0.05, 0) is 37.8 Å². The van der Waals surface area contributed by atoms with Gasteiger partial charge in [0.25, 0.3) is 0 Å². The highest BCUT2D eigenvalue weighted by Crippen LogP contribution is 2.46. The van der Waals surface area contributed by atoms with Crippen LogP contribution in [-0.2, 0) is 0 Å². The maximum Gasteiger partial charge on any atom is 0.141 e. The van der Waals surface area contributed by atoms with Crippen molar-refractivity contribution in [3.05, 3.63) is 40.1 Å². The van der Waals surface area contributed by atoms with Crippen LogP contribution in [0.15, 0.2) is 24.4 Å². The Morgan fingerprint density at radius 1 is 1.07 bits per heavy atom. The number of aromatic nitrogens is 2. The van der Waals surface area contributed by atoms with E-state index < -0.39 is 0 Å². The smallest absolute Gasteiger partial charge is 0.141 e. The van der Waals surface area contributed by atoms with Crippen LogP contribution in [0, 0.1) is 12.8 Å². The summed E-state index contributed by atoms with van der Waals surface area (Å²) in [6, 6.07) is 5.71. The third-order valence-corrected chi connectivity index (χ3v) is 6.00. The zero-order chi connectivity index (χ0) is 20.7. The molecule has 0 bridgehead atoms. The van der Waals surface area contributed by atoms with Crippen LogP contribution in [0.1, 0.15) is 18.5 Å². The van der Waals surface area contributed by atoms with E-state index in [1.165, 1.54) is 12.8 Å². The molecule has 1 saturated carbocycles. The lowest BCUT2D eigenvalue weighted by molar-refractivity contribution is 0.395. The average Bonchev–Trinajstić information content (AvgIpc) is 3.52. The molecule has 4 rings (SSSR count). The number of pyridine rings is 2. The zero-order valence-corrected chi connectivity index (χ0v) is 18.4. The summed E-state index contributed by atoms with van der Waals surface area (Å²) in [5, 5.41) is 2.85. The van der Waals surface area contributed by atoms with Crippen LogP contribution in [-0.4, -0.2) is 37.8 Å². The molecule has 0 aliphatic heterocycles. The van der Waals surface area contributed by atoms with Gasteiger partial charge in [-0.3, -0.25) is 4.98 Å². The van der Waals surface area contributed by atoms with Crippen LogP contribution in [0.4, 0.5) is 5.82 Å². The summed E-state index contributed by atoms with van der Waals surface area (Å²) in [5.41, 5.74) is 2.20. The van der Waals surface area contributed by atoms with E-state index in [9.17, 15) is 0 Å². The molecule has 1 aliphatic rings. The molecule has 2 aromatic heterocycles. The van der Waals surface area contributed by atoms with Gasteiger partial charge in [-0.25, -0.2) is 4.98 Å². The second kappa shape index (κ2) is 7.88. The highest BCUT2D eigenvalue weighted by molar-refractivity contribution is 6.41. The second-order valence-electron chi connectivity index (χ2n) is 7.49. The molecule has 3 aromatic rings. The molecule has 0 atom stereocenters. The number of rotatable bonds is 6. The van der Waals surface area contributed by atoms with E-state index in [4.69, 9.17) is 37.7 Å². The Balaban J connectivity index is 1.96. The normalized spacial score (nSPS) is 13.6. The maximum atomic E-state index is 6.65. The number of nitrogens with zero attached hydrogens (tertiary/aromatic N) is 3. The topological polar surface area (TPSA) is 47.5 Å². The lowest BCUT2D eigenvalue weighted by atomic mass is 10.1. The predicted octanol–water partition coefficient (Wildman–Crippen LogP) is 5.78. The summed E-state index contributed by atoms with van der Waals surface area (Å²) in [4.78, 5) is 11.7. The van der Waals surface area contributed by atoms with E-state index in [1.807, 2.05) is 19.2 Å². The van der Waals surface area contributed by atoms with E-state index in [2.05, 4.69) is 23.0 Å². The summed E-state index contributed by atoms with van der Waals surface area (Å²) < 4.78 is 10.9. The number of halogens is 2. The molecule has 29 heavy (non-hydrogen) atoms. The highest BCUT2D eigenvalue weighted by Gasteiger charge is 2.26. The molecule has 0 N–H and O–H groups in total. The number of aryl methyl sites for hydroxylation is 1. The van der Waals surface area contributed by atoms with Gasteiger partial charge < -0.3 is 14.4 Å². The molecule has 0 saturated heterocycles. The number of methoxy groups -OCH3 is 2. The summed E-state index contributed by atoms with van der Waals surface area (Å²) in [6.07, 6.45) is 4.41. The molecular weight excluding hydrogens is 409 g/mol.